The molecule has 1 aliphatic heterocycles. The van der Waals surface area contributed by atoms with Gasteiger partial charge in [0.2, 0.25) is 5.91 Å². The van der Waals surface area contributed by atoms with Crippen LogP contribution >= 0.6 is 0 Å². The highest BCUT2D eigenvalue weighted by Crippen LogP contribution is 2.33. The zero-order valence-electron chi connectivity index (χ0n) is 13.6. The Hall–Kier alpha value is -2.11. The lowest BCUT2D eigenvalue weighted by atomic mass is 10.1. The Morgan fingerprint density at radius 3 is 2.77 bits per heavy atom. The average molecular weight is 302 g/mol. The molecule has 0 unspecified atom stereocenters. The highest BCUT2D eigenvalue weighted by Gasteiger charge is 2.33. The van der Waals surface area contributed by atoms with Crippen molar-refractivity contribution in [1.82, 2.24) is 19.8 Å². The molecular formula is C16H22N4O2. The van der Waals surface area contributed by atoms with E-state index in [4.69, 9.17) is 4.52 Å². The van der Waals surface area contributed by atoms with Crippen LogP contribution in [-0.2, 0) is 18.3 Å². The number of carbonyl (C=O) groups is 1. The lowest BCUT2D eigenvalue weighted by Crippen LogP contribution is -2.32. The highest BCUT2D eigenvalue weighted by molar-refractivity contribution is 5.80. The fraction of sp³-hybridized carbons (Fsp3) is 0.562. The van der Waals surface area contributed by atoms with Crippen molar-refractivity contribution in [1.29, 1.82) is 0 Å². The van der Waals surface area contributed by atoms with E-state index in [1.807, 2.05) is 43.5 Å². The first-order chi connectivity index (χ1) is 10.5. The summed E-state index contributed by atoms with van der Waals surface area (Å²) >= 11 is 0. The highest BCUT2D eigenvalue weighted by atomic mass is 16.5. The molecule has 0 spiro atoms. The van der Waals surface area contributed by atoms with E-state index < -0.39 is 0 Å². The standard InChI is InChI=1S/C16H22N4O2/c1-10-8-15(22-18-10)14-6-5-7-20(14)16(21)9-13-11(2)17-19(4)12(13)3/h8,14H,5-7,9H2,1-4H3/t14-/m1/s1. The fourth-order valence-corrected chi connectivity index (χ4v) is 3.23. The van der Waals surface area contributed by atoms with Crippen LogP contribution in [0.2, 0.25) is 0 Å². The Balaban J connectivity index is 1.79. The molecule has 3 rings (SSSR count). The topological polar surface area (TPSA) is 64.2 Å². The normalized spacial score (nSPS) is 18.2. The minimum atomic E-state index is 0.0194. The molecule has 0 bridgehead atoms. The lowest BCUT2D eigenvalue weighted by molar-refractivity contribution is -0.131. The lowest BCUT2D eigenvalue weighted by Gasteiger charge is -2.22. The summed E-state index contributed by atoms with van der Waals surface area (Å²) in [5.74, 6) is 0.929. The number of hydrogen-bond acceptors (Lipinski definition) is 4. The number of nitrogens with zero attached hydrogens (tertiary/aromatic N) is 4. The van der Waals surface area contributed by atoms with E-state index in [1.165, 1.54) is 0 Å². The van der Waals surface area contributed by atoms with Gasteiger partial charge in [-0.05, 0) is 33.6 Å². The van der Waals surface area contributed by atoms with E-state index in [-0.39, 0.29) is 11.9 Å². The van der Waals surface area contributed by atoms with Gasteiger partial charge in [0, 0.05) is 30.9 Å². The van der Waals surface area contributed by atoms with Crippen molar-refractivity contribution in [2.45, 2.75) is 46.1 Å². The number of rotatable bonds is 3. The first-order valence-electron chi connectivity index (χ1n) is 7.69. The molecule has 2 aromatic rings. The molecule has 1 atom stereocenters. The van der Waals surface area contributed by atoms with E-state index in [2.05, 4.69) is 10.3 Å². The molecule has 0 N–H and O–H groups in total. The van der Waals surface area contributed by atoms with Gasteiger partial charge in [-0.15, -0.1) is 0 Å². The first-order valence-corrected chi connectivity index (χ1v) is 7.69. The predicted octanol–water partition coefficient (Wildman–Crippen LogP) is 2.24. The summed E-state index contributed by atoms with van der Waals surface area (Å²) in [6, 6.07) is 1.95. The van der Waals surface area contributed by atoms with Crippen molar-refractivity contribution < 1.29 is 9.32 Å². The predicted molar refractivity (Wildman–Crippen MR) is 81.3 cm³/mol. The Morgan fingerprint density at radius 2 is 2.18 bits per heavy atom. The molecule has 0 radical (unpaired) electrons. The van der Waals surface area contributed by atoms with E-state index in [0.717, 1.165) is 47.8 Å². The summed E-state index contributed by atoms with van der Waals surface area (Å²) in [6.45, 7) is 6.64. The van der Waals surface area contributed by atoms with Gasteiger partial charge in [-0.1, -0.05) is 5.16 Å². The van der Waals surface area contributed by atoms with Crippen LogP contribution in [-0.4, -0.2) is 32.3 Å². The number of carbonyl (C=O) groups excluding carboxylic acids is 1. The summed E-state index contributed by atoms with van der Waals surface area (Å²) in [5.41, 5.74) is 3.87. The maximum absolute atomic E-state index is 12.7. The molecule has 1 saturated heterocycles. The van der Waals surface area contributed by atoms with Crippen molar-refractivity contribution >= 4 is 5.91 Å². The molecule has 2 aromatic heterocycles. The van der Waals surface area contributed by atoms with Crippen molar-refractivity contribution in [2.75, 3.05) is 6.54 Å². The molecule has 3 heterocycles. The van der Waals surface area contributed by atoms with Gasteiger partial charge in [-0.2, -0.15) is 5.10 Å². The number of hydrogen-bond donors (Lipinski definition) is 0. The summed E-state index contributed by atoms with van der Waals surface area (Å²) in [4.78, 5) is 14.7. The second-order valence-electron chi connectivity index (χ2n) is 6.07. The van der Waals surface area contributed by atoms with Crippen LogP contribution in [0.1, 0.15) is 47.3 Å². The van der Waals surface area contributed by atoms with E-state index in [1.54, 1.807) is 0 Å². The number of likely N-dealkylation sites (tertiary alicyclic amines) is 1. The molecule has 1 amide bonds. The van der Waals surface area contributed by atoms with E-state index in [0.29, 0.717) is 6.42 Å². The number of aromatic nitrogens is 3. The van der Waals surface area contributed by atoms with Gasteiger partial charge in [0.05, 0.1) is 23.9 Å². The molecule has 0 aromatic carbocycles. The van der Waals surface area contributed by atoms with Gasteiger partial charge >= 0.3 is 0 Å². The van der Waals surface area contributed by atoms with Crippen LogP contribution in [0, 0.1) is 20.8 Å². The Kier molecular flexibility index (Phi) is 3.76. The van der Waals surface area contributed by atoms with Crippen LogP contribution in [0.5, 0.6) is 0 Å². The molecule has 0 aliphatic carbocycles. The van der Waals surface area contributed by atoms with Crippen LogP contribution in [0.15, 0.2) is 10.6 Å². The van der Waals surface area contributed by atoms with Gasteiger partial charge in [-0.3, -0.25) is 9.48 Å². The number of aryl methyl sites for hydroxylation is 3. The summed E-state index contributed by atoms with van der Waals surface area (Å²) in [5, 5.41) is 8.33. The molecular weight excluding hydrogens is 280 g/mol. The third kappa shape index (κ3) is 2.53. The monoisotopic (exact) mass is 302 g/mol. The first kappa shape index (κ1) is 14.8. The smallest absolute Gasteiger partial charge is 0.227 e. The maximum atomic E-state index is 12.7. The zero-order valence-corrected chi connectivity index (χ0v) is 13.6. The third-order valence-electron chi connectivity index (χ3n) is 4.53. The van der Waals surface area contributed by atoms with Crippen molar-refractivity contribution in [2.24, 2.45) is 7.05 Å². The van der Waals surface area contributed by atoms with Crippen LogP contribution in [0.4, 0.5) is 0 Å². The zero-order chi connectivity index (χ0) is 15.9. The van der Waals surface area contributed by atoms with E-state index in [9.17, 15) is 4.79 Å². The largest absolute Gasteiger partial charge is 0.359 e. The quantitative estimate of drug-likeness (QED) is 0.872. The van der Waals surface area contributed by atoms with Gasteiger partial charge < -0.3 is 9.42 Å². The molecule has 22 heavy (non-hydrogen) atoms. The molecule has 6 nitrogen and oxygen atoms in total. The minimum absolute atomic E-state index is 0.0194. The van der Waals surface area contributed by atoms with E-state index >= 15 is 0 Å². The van der Waals surface area contributed by atoms with Gasteiger partial charge in [0.15, 0.2) is 5.76 Å². The van der Waals surface area contributed by atoms with Crippen molar-refractivity contribution in [3.8, 4) is 0 Å². The number of amides is 1. The average Bonchev–Trinajstić information content (AvgIpc) is 3.15. The molecule has 1 fully saturated rings. The minimum Gasteiger partial charge on any atom is -0.359 e. The summed E-state index contributed by atoms with van der Waals surface area (Å²) in [6.07, 6.45) is 2.33. The molecule has 6 heteroatoms. The van der Waals surface area contributed by atoms with Crippen molar-refractivity contribution in [3.63, 3.8) is 0 Å². The van der Waals surface area contributed by atoms with Crippen molar-refractivity contribution in [3.05, 3.63) is 34.5 Å². The third-order valence-corrected chi connectivity index (χ3v) is 4.53. The van der Waals surface area contributed by atoms with Gasteiger partial charge in [0.25, 0.3) is 0 Å². The fourth-order valence-electron chi connectivity index (χ4n) is 3.23. The summed E-state index contributed by atoms with van der Waals surface area (Å²) < 4.78 is 7.20. The van der Waals surface area contributed by atoms with Crippen LogP contribution in [0.25, 0.3) is 0 Å². The molecule has 1 aliphatic rings. The Morgan fingerprint density at radius 1 is 1.41 bits per heavy atom. The second kappa shape index (κ2) is 5.59. The van der Waals surface area contributed by atoms with Gasteiger partial charge in [-0.25, -0.2) is 0 Å². The Labute approximate surface area is 130 Å². The SMILES string of the molecule is Cc1cc([C@H]2CCCN2C(=O)Cc2c(C)nn(C)c2C)on1. The molecule has 0 saturated carbocycles. The second-order valence-corrected chi connectivity index (χ2v) is 6.07. The van der Waals surface area contributed by atoms with Gasteiger partial charge in [0.1, 0.15) is 0 Å². The Bertz CT molecular complexity index is 701. The summed E-state index contributed by atoms with van der Waals surface area (Å²) in [7, 11) is 1.91. The van der Waals surface area contributed by atoms with Crippen LogP contribution in [0.3, 0.4) is 0 Å². The van der Waals surface area contributed by atoms with Crippen LogP contribution < -0.4 is 0 Å². The molecule has 118 valence electrons. The maximum Gasteiger partial charge on any atom is 0.227 e.